The summed E-state index contributed by atoms with van der Waals surface area (Å²) in [6.07, 6.45) is 1.12. The molecule has 4 nitrogen and oxygen atoms in total. The van der Waals surface area contributed by atoms with Crippen molar-refractivity contribution in [1.82, 2.24) is 9.97 Å². The van der Waals surface area contributed by atoms with Crippen LogP contribution in [0, 0.1) is 17.3 Å². The molecule has 0 radical (unpaired) electrons. The van der Waals surface area contributed by atoms with Crippen molar-refractivity contribution >= 4 is 11.5 Å². The van der Waals surface area contributed by atoms with Crippen LogP contribution in [0.1, 0.15) is 5.56 Å². The molecule has 0 atom stereocenters. The second-order valence-electron chi connectivity index (χ2n) is 3.01. The summed E-state index contributed by atoms with van der Waals surface area (Å²) < 4.78 is 12.8. The van der Waals surface area contributed by atoms with Gasteiger partial charge < -0.3 is 5.32 Å². The lowest BCUT2D eigenvalue weighted by Gasteiger charge is -2.06. The first-order valence-electron chi connectivity index (χ1n) is 4.53. The number of hydrogen-bond donors (Lipinski definition) is 1. The molecular weight excluding hydrogens is 207 g/mol. The highest BCUT2D eigenvalue weighted by Crippen LogP contribution is 2.18. The summed E-state index contributed by atoms with van der Waals surface area (Å²) in [4.78, 5) is 7.18. The van der Waals surface area contributed by atoms with Gasteiger partial charge >= 0.3 is 0 Å². The van der Waals surface area contributed by atoms with Crippen molar-refractivity contribution in [1.29, 1.82) is 5.26 Å². The van der Waals surface area contributed by atoms with Crippen molar-refractivity contribution in [3.8, 4) is 6.07 Å². The Bertz CT molecular complexity index is 548. The largest absolute Gasteiger partial charge is 0.339 e. The van der Waals surface area contributed by atoms with E-state index < -0.39 is 5.95 Å². The number of rotatable bonds is 2. The van der Waals surface area contributed by atoms with Gasteiger partial charge in [-0.25, -0.2) is 9.97 Å². The third-order valence-corrected chi connectivity index (χ3v) is 1.94. The van der Waals surface area contributed by atoms with E-state index in [-0.39, 0.29) is 0 Å². The lowest BCUT2D eigenvalue weighted by Crippen LogP contribution is -1.97. The molecule has 2 rings (SSSR count). The van der Waals surface area contributed by atoms with E-state index in [4.69, 9.17) is 5.26 Å². The lowest BCUT2D eigenvalue weighted by atomic mass is 10.2. The predicted octanol–water partition coefficient (Wildman–Crippen LogP) is 2.23. The Morgan fingerprint density at radius 1 is 1.25 bits per heavy atom. The predicted molar refractivity (Wildman–Crippen MR) is 56.4 cm³/mol. The van der Waals surface area contributed by atoms with E-state index >= 15 is 0 Å². The first-order valence-corrected chi connectivity index (χ1v) is 4.53. The van der Waals surface area contributed by atoms with E-state index in [1.807, 2.05) is 6.07 Å². The molecule has 16 heavy (non-hydrogen) atoms. The Morgan fingerprint density at radius 3 is 2.81 bits per heavy atom. The molecule has 2 aromatic rings. The zero-order chi connectivity index (χ0) is 11.4. The van der Waals surface area contributed by atoms with Crippen molar-refractivity contribution in [3.63, 3.8) is 0 Å². The van der Waals surface area contributed by atoms with Crippen LogP contribution in [0.3, 0.4) is 0 Å². The molecule has 0 aliphatic rings. The van der Waals surface area contributed by atoms with Crippen molar-refractivity contribution in [2.24, 2.45) is 0 Å². The van der Waals surface area contributed by atoms with E-state index in [1.54, 1.807) is 24.3 Å². The quantitative estimate of drug-likeness (QED) is 0.778. The number of hydrogen-bond acceptors (Lipinski definition) is 4. The third-order valence-electron chi connectivity index (χ3n) is 1.94. The van der Waals surface area contributed by atoms with Crippen molar-refractivity contribution in [3.05, 3.63) is 48.2 Å². The molecule has 5 heteroatoms. The highest BCUT2D eigenvalue weighted by Gasteiger charge is 2.02. The zero-order valence-corrected chi connectivity index (χ0v) is 8.18. The zero-order valence-electron chi connectivity index (χ0n) is 8.18. The van der Waals surface area contributed by atoms with Gasteiger partial charge in [-0.3, -0.25) is 0 Å². The molecule has 1 heterocycles. The van der Waals surface area contributed by atoms with Gasteiger partial charge in [-0.1, -0.05) is 12.1 Å². The Labute approximate surface area is 91.4 Å². The lowest BCUT2D eigenvalue weighted by molar-refractivity contribution is 0.580. The van der Waals surface area contributed by atoms with E-state index in [2.05, 4.69) is 15.3 Å². The summed E-state index contributed by atoms with van der Waals surface area (Å²) in [6.45, 7) is 0. The number of nitrogens with zero attached hydrogens (tertiary/aromatic N) is 3. The van der Waals surface area contributed by atoms with Crippen LogP contribution >= 0.6 is 0 Å². The first kappa shape index (κ1) is 10.1. The van der Waals surface area contributed by atoms with Gasteiger partial charge in [-0.05, 0) is 12.1 Å². The van der Waals surface area contributed by atoms with Gasteiger partial charge in [0.05, 0.1) is 11.3 Å². The molecule has 1 aromatic heterocycles. The van der Waals surface area contributed by atoms with E-state index in [1.165, 1.54) is 0 Å². The van der Waals surface area contributed by atoms with E-state index in [9.17, 15) is 4.39 Å². The molecule has 0 aliphatic heterocycles. The van der Waals surface area contributed by atoms with Crippen LogP contribution in [0.2, 0.25) is 0 Å². The minimum Gasteiger partial charge on any atom is -0.339 e. The summed E-state index contributed by atoms with van der Waals surface area (Å²) in [6, 6.07) is 10.1. The van der Waals surface area contributed by atoms with Crippen LogP contribution in [0.25, 0.3) is 0 Å². The van der Waals surface area contributed by atoms with Crippen LogP contribution in [0.5, 0.6) is 0 Å². The molecular formula is C11H7FN4. The fraction of sp³-hybridized carbons (Fsp3) is 0. The molecule has 0 amide bonds. The third kappa shape index (κ3) is 2.12. The average molecular weight is 214 g/mol. The van der Waals surface area contributed by atoms with Gasteiger partial charge in [0.15, 0.2) is 0 Å². The van der Waals surface area contributed by atoms with Gasteiger partial charge in [-0.2, -0.15) is 9.65 Å². The van der Waals surface area contributed by atoms with Gasteiger partial charge in [0.1, 0.15) is 18.2 Å². The molecule has 0 saturated heterocycles. The summed E-state index contributed by atoms with van der Waals surface area (Å²) in [5, 5.41) is 11.7. The van der Waals surface area contributed by atoms with Crippen LogP contribution in [-0.2, 0) is 0 Å². The summed E-state index contributed by atoms with van der Waals surface area (Å²) in [7, 11) is 0. The number of benzene rings is 1. The Kier molecular flexibility index (Phi) is 2.74. The maximum atomic E-state index is 12.8. The topological polar surface area (TPSA) is 61.6 Å². The number of aromatic nitrogens is 2. The average Bonchev–Trinajstić information content (AvgIpc) is 2.30. The summed E-state index contributed by atoms with van der Waals surface area (Å²) in [5.41, 5.74) is 1.06. The van der Waals surface area contributed by atoms with Crippen LogP contribution < -0.4 is 5.32 Å². The van der Waals surface area contributed by atoms with Gasteiger partial charge in [-0.15, -0.1) is 0 Å². The minimum atomic E-state index is -0.619. The molecule has 0 fully saturated rings. The SMILES string of the molecule is N#Cc1ccccc1Nc1cc(F)ncn1. The molecule has 1 N–H and O–H groups in total. The second-order valence-corrected chi connectivity index (χ2v) is 3.01. The van der Waals surface area contributed by atoms with Crippen molar-refractivity contribution in [2.45, 2.75) is 0 Å². The van der Waals surface area contributed by atoms with E-state index in [0.29, 0.717) is 17.1 Å². The molecule has 0 aliphatic carbocycles. The Hall–Kier alpha value is -2.48. The van der Waals surface area contributed by atoms with Gasteiger partial charge in [0, 0.05) is 6.07 Å². The summed E-state index contributed by atoms with van der Waals surface area (Å²) in [5.74, 6) is -0.304. The van der Waals surface area contributed by atoms with E-state index in [0.717, 1.165) is 12.4 Å². The Morgan fingerprint density at radius 2 is 2.06 bits per heavy atom. The van der Waals surface area contributed by atoms with Crippen molar-refractivity contribution in [2.75, 3.05) is 5.32 Å². The minimum absolute atomic E-state index is 0.315. The van der Waals surface area contributed by atoms with Crippen molar-refractivity contribution < 1.29 is 4.39 Å². The maximum Gasteiger partial charge on any atom is 0.218 e. The van der Waals surface area contributed by atoms with Crippen LogP contribution in [0.4, 0.5) is 15.9 Å². The number of anilines is 2. The highest BCUT2D eigenvalue weighted by atomic mass is 19.1. The molecule has 0 unspecified atom stereocenters. The standard InChI is InChI=1S/C11H7FN4/c12-10-5-11(15-7-14-10)16-9-4-2-1-3-8(9)6-13/h1-5,7H,(H,14,15,16). The van der Waals surface area contributed by atoms with Gasteiger partial charge in [0.25, 0.3) is 0 Å². The number of para-hydroxylation sites is 1. The highest BCUT2D eigenvalue weighted by molar-refractivity contribution is 5.63. The number of nitrogens with one attached hydrogen (secondary N) is 1. The number of halogens is 1. The molecule has 0 bridgehead atoms. The fourth-order valence-electron chi connectivity index (χ4n) is 1.23. The maximum absolute atomic E-state index is 12.8. The monoisotopic (exact) mass is 214 g/mol. The van der Waals surface area contributed by atoms with Crippen LogP contribution in [-0.4, -0.2) is 9.97 Å². The molecule has 1 aromatic carbocycles. The second kappa shape index (κ2) is 4.36. The fourth-order valence-corrected chi connectivity index (χ4v) is 1.23. The van der Waals surface area contributed by atoms with Crippen LogP contribution in [0.15, 0.2) is 36.7 Å². The smallest absolute Gasteiger partial charge is 0.218 e. The molecule has 0 saturated carbocycles. The number of nitriles is 1. The molecule has 0 spiro atoms. The molecule has 78 valence electrons. The van der Waals surface area contributed by atoms with Gasteiger partial charge in [0.2, 0.25) is 5.95 Å². The summed E-state index contributed by atoms with van der Waals surface area (Å²) >= 11 is 0. The first-order chi connectivity index (χ1) is 7.79. The Balaban J connectivity index is 2.31. The normalized spacial score (nSPS) is 9.50.